The lowest BCUT2D eigenvalue weighted by atomic mass is 9.90. The van der Waals surface area contributed by atoms with Gasteiger partial charge in [-0.05, 0) is 6.07 Å². The lowest BCUT2D eigenvalue weighted by Gasteiger charge is -2.11. The van der Waals surface area contributed by atoms with Crippen molar-refractivity contribution in [3.63, 3.8) is 0 Å². The number of carbonyl (C=O) groups is 1. The molecule has 1 aromatic carbocycles. The number of Topliss-reactive ketones (excluding diaryl/α,β-unsaturated/α-hetero) is 1. The van der Waals surface area contributed by atoms with Crippen LogP contribution in [0, 0.1) is 28.9 Å². The average molecular weight is 223 g/mol. The second kappa shape index (κ2) is 4.84. The third-order valence-corrected chi connectivity index (χ3v) is 2.26. The number of ketones is 1. The van der Waals surface area contributed by atoms with Gasteiger partial charge in [0, 0.05) is 17.5 Å². The molecule has 0 spiro atoms. The fourth-order valence-electron chi connectivity index (χ4n) is 1.36. The third kappa shape index (κ3) is 2.43. The third-order valence-electron chi connectivity index (χ3n) is 2.26. The molecule has 0 N–H and O–H groups in total. The van der Waals surface area contributed by atoms with Crippen LogP contribution in [-0.4, -0.2) is 5.78 Å². The quantitative estimate of drug-likeness (QED) is 0.790. The first-order valence-electron chi connectivity index (χ1n) is 4.85. The van der Waals surface area contributed by atoms with Gasteiger partial charge >= 0.3 is 0 Å². The number of carbonyl (C=O) groups excluding carboxylic acids is 1. The minimum absolute atomic E-state index is 0.0670. The number of hydrogen-bond acceptors (Lipinski definition) is 2. The van der Waals surface area contributed by atoms with Crippen molar-refractivity contribution in [3.8, 4) is 6.07 Å². The van der Waals surface area contributed by atoms with Crippen molar-refractivity contribution < 1.29 is 13.6 Å². The Balaban J connectivity index is 3.15. The van der Waals surface area contributed by atoms with E-state index < -0.39 is 17.6 Å². The van der Waals surface area contributed by atoms with E-state index >= 15 is 0 Å². The molecule has 1 atom stereocenters. The number of nitrogens with zero attached hydrogens (tertiary/aromatic N) is 1. The van der Waals surface area contributed by atoms with Crippen LogP contribution in [-0.2, 0) is 4.79 Å². The molecule has 0 amide bonds. The predicted molar refractivity (Wildman–Crippen MR) is 54.6 cm³/mol. The van der Waals surface area contributed by atoms with Crippen LogP contribution in [0.4, 0.5) is 8.78 Å². The lowest BCUT2D eigenvalue weighted by Crippen LogP contribution is -2.17. The van der Waals surface area contributed by atoms with E-state index in [-0.39, 0.29) is 17.3 Å². The molecule has 4 heteroatoms. The van der Waals surface area contributed by atoms with Crippen LogP contribution in [0.15, 0.2) is 18.2 Å². The zero-order chi connectivity index (χ0) is 12.3. The summed E-state index contributed by atoms with van der Waals surface area (Å²) in [6.45, 7) is 3.27. The van der Waals surface area contributed by atoms with Gasteiger partial charge in [-0.2, -0.15) is 5.26 Å². The molecular weight excluding hydrogens is 212 g/mol. The molecule has 0 aliphatic carbocycles. The van der Waals surface area contributed by atoms with Crippen LogP contribution in [0.3, 0.4) is 0 Å². The molecule has 1 rings (SSSR count). The standard InChI is InChI=1S/C12H11F2NO/c1-7(2)12(16)10(6-15)9-4-3-8(13)5-11(9)14/h3-5,7,10H,1-2H3. The van der Waals surface area contributed by atoms with Crippen LogP contribution in [0.2, 0.25) is 0 Å². The summed E-state index contributed by atoms with van der Waals surface area (Å²) < 4.78 is 26.0. The topological polar surface area (TPSA) is 40.9 Å². The van der Waals surface area contributed by atoms with Gasteiger partial charge in [-0.25, -0.2) is 8.78 Å². The van der Waals surface area contributed by atoms with Gasteiger partial charge < -0.3 is 0 Å². The zero-order valence-electron chi connectivity index (χ0n) is 9.00. The first kappa shape index (κ1) is 12.3. The highest BCUT2D eigenvalue weighted by Crippen LogP contribution is 2.23. The Kier molecular flexibility index (Phi) is 3.73. The summed E-state index contributed by atoms with van der Waals surface area (Å²) in [7, 11) is 0. The van der Waals surface area contributed by atoms with Crippen molar-refractivity contribution in [2.24, 2.45) is 5.92 Å². The molecule has 0 saturated heterocycles. The van der Waals surface area contributed by atoms with E-state index in [2.05, 4.69) is 0 Å². The summed E-state index contributed by atoms with van der Waals surface area (Å²) in [6, 6.07) is 4.60. The van der Waals surface area contributed by atoms with E-state index in [0.717, 1.165) is 12.1 Å². The molecule has 84 valence electrons. The Morgan fingerprint density at radius 1 is 1.38 bits per heavy atom. The Morgan fingerprint density at radius 3 is 2.44 bits per heavy atom. The molecular formula is C12H11F2NO. The second-order valence-corrected chi connectivity index (χ2v) is 3.79. The van der Waals surface area contributed by atoms with Gasteiger partial charge in [-0.1, -0.05) is 19.9 Å². The van der Waals surface area contributed by atoms with E-state index in [1.54, 1.807) is 19.9 Å². The lowest BCUT2D eigenvalue weighted by molar-refractivity contribution is -0.122. The molecule has 0 aliphatic heterocycles. The van der Waals surface area contributed by atoms with Crippen molar-refractivity contribution >= 4 is 5.78 Å². The Morgan fingerprint density at radius 2 is 2.00 bits per heavy atom. The van der Waals surface area contributed by atoms with Crippen LogP contribution in [0.1, 0.15) is 25.3 Å². The van der Waals surface area contributed by atoms with E-state index in [1.165, 1.54) is 0 Å². The molecule has 0 aliphatic rings. The van der Waals surface area contributed by atoms with Crippen LogP contribution in [0.25, 0.3) is 0 Å². The van der Waals surface area contributed by atoms with Gasteiger partial charge in [0.05, 0.1) is 6.07 Å². The summed E-state index contributed by atoms with van der Waals surface area (Å²) in [5.41, 5.74) is -0.0670. The van der Waals surface area contributed by atoms with Gasteiger partial charge in [0.25, 0.3) is 0 Å². The summed E-state index contributed by atoms with van der Waals surface area (Å²) in [4.78, 5) is 11.6. The molecule has 0 bridgehead atoms. The molecule has 1 unspecified atom stereocenters. The van der Waals surface area contributed by atoms with E-state index in [4.69, 9.17) is 5.26 Å². The van der Waals surface area contributed by atoms with Gasteiger partial charge in [0.15, 0.2) is 5.78 Å². The predicted octanol–water partition coefficient (Wildman–Crippen LogP) is 2.80. The van der Waals surface area contributed by atoms with Crippen molar-refractivity contribution in [2.45, 2.75) is 19.8 Å². The van der Waals surface area contributed by atoms with Crippen LogP contribution < -0.4 is 0 Å². The van der Waals surface area contributed by atoms with Crippen molar-refractivity contribution in [1.29, 1.82) is 5.26 Å². The largest absolute Gasteiger partial charge is 0.298 e. The number of hydrogen-bond donors (Lipinski definition) is 0. The SMILES string of the molecule is CC(C)C(=O)C(C#N)c1ccc(F)cc1F. The monoisotopic (exact) mass is 223 g/mol. The van der Waals surface area contributed by atoms with Crippen LogP contribution in [0.5, 0.6) is 0 Å². The number of rotatable bonds is 3. The molecule has 0 saturated carbocycles. The highest BCUT2D eigenvalue weighted by atomic mass is 19.1. The smallest absolute Gasteiger partial charge is 0.157 e. The first-order chi connectivity index (χ1) is 7.47. The fourth-order valence-corrected chi connectivity index (χ4v) is 1.36. The maximum Gasteiger partial charge on any atom is 0.157 e. The molecule has 0 heterocycles. The first-order valence-corrected chi connectivity index (χ1v) is 4.85. The van der Waals surface area contributed by atoms with Gasteiger partial charge in [0.1, 0.15) is 17.6 Å². The number of nitriles is 1. The highest BCUT2D eigenvalue weighted by molar-refractivity contribution is 5.89. The van der Waals surface area contributed by atoms with Gasteiger partial charge in [0.2, 0.25) is 0 Å². The van der Waals surface area contributed by atoms with Crippen LogP contribution >= 0.6 is 0 Å². The Hall–Kier alpha value is -1.76. The molecule has 0 fully saturated rings. The Bertz CT molecular complexity index is 449. The minimum atomic E-state index is -1.17. The fraction of sp³-hybridized carbons (Fsp3) is 0.333. The maximum atomic E-state index is 13.4. The Labute approximate surface area is 92.5 Å². The maximum absolute atomic E-state index is 13.4. The summed E-state index contributed by atoms with van der Waals surface area (Å²) in [6.07, 6.45) is 0. The minimum Gasteiger partial charge on any atom is -0.298 e. The van der Waals surface area contributed by atoms with Gasteiger partial charge in [-0.3, -0.25) is 4.79 Å². The van der Waals surface area contributed by atoms with Crippen molar-refractivity contribution in [3.05, 3.63) is 35.4 Å². The van der Waals surface area contributed by atoms with E-state index in [1.807, 2.05) is 0 Å². The summed E-state index contributed by atoms with van der Waals surface area (Å²) >= 11 is 0. The highest BCUT2D eigenvalue weighted by Gasteiger charge is 2.25. The van der Waals surface area contributed by atoms with Gasteiger partial charge in [-0.15, -0.1) is 0 Å². The molecule has 1 aromatic rings. The normalized spacial score (nSPS) is 12.2. The van der Waals surface area contributed by atoms with E-state index in [9.17, 15) is 13.6 Å². The molecule has 16 heavy (non-hydrogen) atoms. The van der Waals surface area contributed by atoms with Crippen molar-refractivity contribution in [2.75, 3.05) is 0 Å². The summed E-state index contributed by atoms with van der Waals surface area (Å²) in [5.74, 6) is -3.49. The molecule has 0 aromatic heterocycles. The molecule has 0 radical (unpaired) electrons. The number of benzene rings is 1. The number of halogens is 2. The second-order valence-electron chi connectivity index (χ2n) is 3.79. The summed E-state index contributed by atoms with van der Waals surface area (Å²) in [5, 5.41) is 8.86. The van der Waals surface area contributed by atoms with E-state index in [0.29, 0.717) is 6.07 Å². The average Bonchev–Trinajstić information content (AvgIpc) is 2.21. The molecule has 2 nitrogen and oxygen atoms in total. The zero-order valence-corrected chi connectivity index (χ0v) is 9.00. The van der Waals surface area contributed by atoms with Crippen molar-refractivity contribution in [1.82, 2.24) is 0 Å².